The Bertz CT molecular complexity index is 1940. The molecule has 1 aromatic heterocycles. The van der Waals surface area contributed by atoms with Crippen LogP contribution in [0.5, 0.6) is 0 Å². The number of rotatable bonds is 3. The van der Waals surface area contributed by atoms with Gasteiger partial charge in [-0.3, -0.25) is 0 Å². The van der Waals surface area contributed by atoms with E-state index in [1.54, 1.807) is 0 Å². The van der Waals surface area contributed by atoms with Gasteiger partial charge >= 0.3 is 0 Å². The first-order valence-electron chi connectivity index (χ1n) is 11.9. The average Bonchev–Trinajstić information content (AvgIpc) is 3.33. The molecule has 1 heterocycles. The van der Waals surface area contributed by atoms with Crippen molar-refractivity contribution in [1.82, 2.24) is 0 Å². The van der Waals surface area contributed by atoms with Crippen LogP contribution in [0.1, 0.15) is 5.56 Å². The fraction of sp³-hybridized carbons (Fsp3) is 0. The lowest BCUT2D eigenvalue weighted by Gasteiger charge is -2.27. The van der Waals surface area contributed by atoms with Gasteiger partial charge < -0.3 is 9.32 Å². The summed E-state index contributed by atoms with van der Waals surface area (Å²) in [6.45, 7) is 0. The summed E-state index contributed by atoms with van der Waals surface area (Å²) in [5.41, 5.74) is 5.44. The minimum atomic E-state index is 0.635. The molecule has 0 spiro atoms. The number of furan rings is 1. The van der Waals surface area contributed by atoms with Gasteiger partial charge in [0.2, 0.25) is 0 Å². The van der Waals surface area contributed by atoms with Crippen LogP contribution in [0.25, 0.3) is 43.5 Å². The first-order chi connectivity index (χ1) is 17.8. The summed E-state index contributed by atoms with van der Waals surface area (Å²) in [5.74, 6) is 0. The molecule has 3 heteroatoms. The molecule has 168 valence electrons. The topological polar surface area (TPSA) is 40.2 Å². The van der Waals surface area contributed by atoms with Gasteiger partial charge in [-0.05, 0) is 53.2 Å². The highest BCUT2D eigenvalue weighted by molar-refractivity contribution is 6.25. The van der Waals surface area contributed by atoms with Crippen LogP contribution in [0.2, 0.25) is 0 Å². The Hall–Kier alpha value is -5.07. The molecule has 0 saturated carbocycles. The van der Waals surface area contributed by atoms with Crippen molar-refractivity contribution in [3.63, 3.8) is 0 Å². The number of nitriles is 1. The van der Waals surface area contributed by atoms with E-state index >= 15 is 0 Å². The van der Waals surface area contributed by atoms with Gasteiger partial charge in [0, 0.05) is 39.0 Å². The van der Waals surface area contributed by atoms with Crippen molar-refractivity contribution in [2.45, 2.75) is 0 Å². The van der Waals surface area contributed by atoms with Crippen LogP contribution in [0.4, 0.5) is 17.1 Å². The molecule has 3 nitrogen and oxygen atoms in total. The van der Waals surface area contributed by atoms with Crippen LogP contribution >= 0.6 is 0 Å². The van der Waals surface area contributed by atoms with Crippen molar-refractivity contribution in [2.24, 2.45) is 0 Å². The lowest BCUT2D eigenvalue weighted by Crippen LogP contribution is -2.10. The molecule has 0 radical (unpaired) electrons. The quantitative estimate of drug-likeness (QED) is 0.264. The second-order valence-electron chi connectivity index (χ2n) is 8.91. The maximum atomic E-state index is 9.33. The maximum Gasteiger partial charge on any atom is 0.143 e. The normalized spacial score (nSPS) is 11.3. The Morgan fingerprint density at radius 3 is 2.03 bits per heavy atom. The number of fused-ring (bicyclic) bond motifs is 7. The molecule has 0 N–H and O–H groups in total. The minimum Gasteiger partial charge on any atom is -0.455 e. The fourth-order valence-corrected chi connectivity index (χ4v) is 5.22. The predicted molar refractivity (Wildman–Crippen MR) is 148 cm³/mol. The van der Waals surface area contributed by atoms with E-state index in [9.17, 15) is 5.26 Å². The van der Waals surface area contributed by atoms with E-state index in [2.05, 4.69) is 89.8 Å². The van der Waals surface area contributed by atoms with Gasteiger partial charge in [-0.1, -0.05) is 72.8 Å². The van der Waals surface area contributed by atoms with Crippen molar-refractivity contribution in [1.29, 1.82) is 5.26 Å². The van der Waals surface area contributed by atoms with Crippen LogP contribution in [-0.4, -0.2) is 0 Å². The van der Waals surface area contributed by atoms with Crippen LogP contribution < -0.4 is 4.90 Å². The van der Waals surface area contributed by atoms with E-state index < -0.39 is 0 Å². The average molecular weight is 461 g/mol. The number of hydrogen-bond donors (Lipinski definition) is 0. The number of anilines is 3. The van der Waals surface area contributed by atoms with Crippen molar-refractivity contribution >= 4 is 60.5 Å². The molecular formula is C33H20N2O. The first-order valence-corrected chi connectivity index (χ1v) is 11.9. The van der Waals surface area contributed by atoms with E-state index in [4.69, 9.17) is 4.42 Å². The molecule has 0 unspecified atom stereocenters. The predicted octanol–water partition coefficient (Wildman–Crippen LogP) is 9.23. The molecule has 0 amide bonds. The third kappa shape index (κ3) is 3.06. The molecular weight excluding hydrogens is 440 g/mol. The van der Waals surface area contributed by atoms with Gasteiger partial charge in [-0.25, -0.2) is 0 Å². The van der Waals surface area contributed by atoms with Crippen molar-refractivity contribution in [3.05, 3.63) is 127 Å². The molecule has 0 atom stereocenters. The number of para-hydroxylation sites is 1. The Balaban J connectivity index is 1.59. The summed E-state index contributed by atoms with van der Waals surface area (Å²) < 4.78 is 6.60. The molecule has 0 saturated heterocycles. The molecule has 7 rings (SSSR count). The van der Waals surface area contributed by atoms with Gasteiger partial charge in [-0.15, -0.1) is 0 Å². The first kappa shape index (κ1) is 20.3. The zero-order valence-corrected chi connectivity index (χ0v) is 19.3. The summed E-state index contributed by atoms with van der Waals surface area (Å²) in [6.07, 6.45) is 0. The molecule has 0 fully saturated rings. The lowest BCUT2D eigenvalue weighted by atomic mass is 9.99. The van der Waals surface area contributed by atoms with Gasteiger partial charge in [0.15, 0.2) is 0 Å². The number of hydrogen-bond acceptors (Lipinski definition) is 3. The fourth-order valence-electron chi connectivity index (χ4n) is 5.22. The summed E-state index contributed by atoms with van der Waals surface area (Å²) in [7, 11) is 0. The molecule has 0 aliphatic rings. The van der Waals surface area contributed by atoms with E-state index in [0.29, 0.717) is 5.56 Å². The summed E-state index contributed by atoms with van der Waals surface area (Å²) in [6, 6.07) is 43.6. The van der Waals surface area contributed by atoms with Crippen molar-refractivity contribution in [3.8, 4) is 6.07 Å². The number of nitrogens with zero attached hydrogens (tertiary/aromatic N) is 2. The summed E-state index contributed by atoms with van der Waals surface area (Å²) >= 11 is 0. The Morgan fingerprint density at radius 1 is 0.583 bits per heavy atom. The molecule has 6 aromatic carbocycles. The molecule has 0 aliphatic carbocycles. The second kappa shape index (κ2) is 8.01. The SMILES string of the molecule is N#Cc1ccc(N(c2ccccc2)c2cc3oc4c5ccccc5ccc4c3c3ccccc23)cc1. The van der Waals surface area contributed by atoms with Crippen LogP contribution in [-0.2, 0) is 0 Å². The van der Waals surface area contributed by atoms with E-state index in [-0.39, 0.29) is 0 Å². The van der Waals surface area contributed by atoms with Crippen LogP contribution in [0.3, 0.4) is 0 Å². The highest BCUT2D eigenvalue weighted by Gasteiger charge is 2.20. The highest BCUT2D eigenvalue weighted by atomic mass is 16.3. The third-order valence-corrected chi connectivity index (χ3v) is 6.86. The molecule has 7 aromatic rings. The summed E-state index contributed by atoms with van der Waals surface area (Å²) in [5, 5.41) is 16.1. The van der Waals surface area contributed by atoms with Gasteiger partial charge in [-0.2, -0.15) is 5.26 Å². The standard InChI is InChI=1S/C33H20N2O/c34-21-22-14-17-25(18-15-22)35(24-9-2-1-3-10-24)30-20-31-32(28-13-7-6-12-27(28)30)29-19-16-23-8-4-5-11-26(23)33(29)36-31/h1-20H. The zero-order chi connectivity index (χ0) is 24.1. The van der Waals surface area contributed by atoms with E-state index in [1.807, 2.05) is 42.5 Å². The highest BCUT2D eigenvalue weighted by Crippen LogP contribution is 2.45. The van der Waals surface area contributed by atoms with E-state index in [1.165, 1.54) is 0 Å². The van der Waals surface area contributed by atoms with Crippen LogP contribution in [0.15, 0.2) is 126 Å². The molecule has 0 bridgehead atoms. The monoisotopic (exact) mass is 460 g/mol. The Morgan fingerprint density at radius 2 is 1.25 bits per heavy atom. The smallest absolute Gasteiger partial charge is 0.143 e. The van der Waals surface area contributed by atoms with Crippen LogP contribution in [0, 0.1) is 11.3 Å². The molecule has 0 aliphatic heterocycles. The third-order valence-electron chi connectivity index (χ3n) is 6.86. The van der Waals surface area contributed by atoms with Gasteiger partial charge in [0.25, 0.3) is 0 Å². The Labute approximate surface area is 208 Å². The largest absolute Gasteiger partial charge is 0.455 e. The zero-order valence-electron chi connectivity index (χ0n) is 19.3. The van der Waals surface area contributed by atoms with Crippen molar-refractivity contribution in [2.75, 3.05) is 4.90 Å². The van der Waals surface area contributed by atoms with Crippen molar-refractivity contribution < 1.29 is 4.42 Å². The lowest BCUT2D eigenvalue weighted by molar-refractivity contribution is 0.673. The summed E-state index contributed by atoms with van der Waals surface area (Å²) in [4.78, 5) is 2.23. The van der Waals surface area contributed by atoms with E-state index in [0.717, 1.165) is 60.5 Å². The second-order valence-corrected chi connectivity index (χ2v) is 8.91. The minimum absolute atomic E-state index is 0.635. The van der Waals surface area contributed by atoms with Gasteiger partial charge in [0.05, 0.1) is 17.3 Å². The van der Waals surface area contributed by atoms with Gasteiger partial charge in [0.1, 0.15) is 11.2 Å². The maximum absolute atomic E-state index is 9.33. The Kier molecular flexibility index (Phi) is 4.52. The molecule has 36 heavy (non-hydrogen) atoms. The number of benzene rings is 6.